The lowest BCUT2D eigenvalue weighted by Gasteiger charge is -1.98. The van der Waals surface area contributed by atoms with Gasteiger partial charge in [-0.3, -0.25) is 0 Å². The van der Waals surface area contributed by atoms with Gasteiger partial charge in [-0.1, -0.05) is 6.08 Å². The Morgan fingerprint density at radius 1 is 1.70 bits per heavy atom. The molecule has 0 saturated carbocycles. The first-order valence-electron chi connectivity index (χ1n) is 2.87. The van der Waals surface area contributed by atoms with E-state index in [1.54, 1.807) is 12.1 Å². The molecule has 0 aromatic carbocycles. The van der Waals surface area contributed by atoms with Gasteiger partial charge in [0, 0.05) is 0 Å². The van der Waals surface area contributed by atoms with Gasteiger partial charge in [-0.25, -0.2) is 0 Å². The average molecular weight is 202 g/mol. The molecular weight excluding hydrogens is 194 g/mol. The van der Waals surface area contributed by atoms with Crippen molar-refractivity contribution in [3.8, 4) is 0 Å². The summed E-state index contributed by atoms with van der Waals surface area (Å²) in [5.74, 6) is 0.724. The van der Waals surface area contributed by atoms with Crippen LogP contribution in [0.2, 0.25) is 0 Å². The van der Waals surface area contributed by atoms with Crippen LogP contribution in [0.3, 0.4) is 0 Å². The van der Waals surface area contributed by atoms with E-state index in [9.17, 15) is 0 Å². The predicted octanol–water partition coefficient (Wildman–Crippen LogP) is 2.23. The lowest BCUT2D eigenvalue weighted by molar-refractivity contribution is 0.474. The van der Waals surface area contributed by atoms with Crippen LogP contribution in [0.4, 0.5) is 0 Å². The first-order chi connectivity index (χ1) is 4.74. The number of hydrogen-bond donors (Lipinski definition) is 1. The first-order valence-corrected chi connectivity index (χ1v) is 3.66. The molecule has 54 valence electrons. The molecule has 0 unspecified atom stereocenters. The lowest BCUT2D eigenvalue weighted by Crippen LogP contribution is -2.04. The van der Waals surface area contributed by atoms with Gasteiger partial charge in [-0.2, -0.15) is 0 Å². The standard InChI is InChI=1S/C7H8BrNO/c1-2-5(9)6-3-4-7(8)10-6/h2-5H,1,9H2/t5-/m0/s1. The van der Waals surface area contributed by atoms with Gasteiger partial charge in [0.25, 0.3) is 0 Å². The molecule has 0 aliphatic rings. The van der Waals surface area contributed by atoms with Crippen molar-refractivity contribution in [1.82, 2.24) is 0 Å². The summed E-state index contributed by atoms with van der Waals surface area (Å²) in [6.07, 6.45) is 1.63. The highest BCUT2D eigenvalue weighted by atomic mass is 79.9. The van der Waals surface area contributed by atoms with Crippen LogP contribution in [0.15, 0.2) is 33.9 Å². The molecule has 0 radical (unpaired) electrons. The quantitative estimate of drug-likeness (QED) is 0.746. The van der Waals surface area contributed by atoms with Gasteiger partial charge in [-0.15, -0.1) is 6.58 Å². The fraction of sp³-hybridized carbons (Fsp3) is 0.143. The molecule has 1 aromatic rings. The topological polar surface area (TPSA) is 39.2 Å². The summed E-state index contributed by atoms with van der Waals surface area (Å²) >= 11 is 3.17. The highest BCUT2D eigenvalue weighted by Gasteiger charge is 2.04. The van der Waals surface area contributed by atoms with Gasteiger partial charge in [0.1, 0.15) is 5.76 Å². The molecule has 2 N–H and O–H groups in total. The number of halogens is 1. The zero-order chi connectivity index (χ0) is 7.56. The third-order valence-electron chi connectivity index (χ3n) is 1.18. The van der Waals surface area contributed by atoms with Crippen molar-refractivity contribution in [1.29, 1.82) is 0 Å². The van der Waals surface area contributed by atoms with E-state index in [1.165, 1.54) is 0 Å². The van der Waals surface area contributed by atoms with Crippen molar-refractivity contribution in [2.24, 2.45) is 5.73 Å². The lowest BCUT2D eigenvalue weighted by atomic mass is 10.2. The largest absolute Gasteiger partial charge is 0.452 e. The molecule has 1 atom stereocenters. The normalized spacial score (nSPS) is 13.0. The van der Waals surface area contributed by atoms with Crippen LogP contribution in [0, 0.1) is 0 Å². The molecule has 3 heteroatoms. The van der Waals surface area contributed by atoms with Crippen molar-refractivity contribution in [3.05, 3.63) is 35.2 Å². The molecule has 0 amide bonds. The van der Waals surface area contributed by atoms with E-state index in [1.807, 2.05) is 6.07 Å². The number of rotatable bonds is 2. The van der Waals surface area contributed by atoms with E-state index in [2.05, 4.69) is 22.5 Å². The van der Waals surface area contributed by atoms with Gasteiger partial charge in [0.15, 0.2) is 4.67 Å². The Hall–Kier alpha value is -0.540. The monoisotopic (exact) mass is 201 g/mol. The summed E-state index contributed by atoms with van der Waals surface area (Å²) in [5, 5.41) is 0. The highest BCUT2D eigenvalue weighted by molar-refractivity contribution is 9.10. The van der Waals surface area contributed by atoms with Gasteiger partial charge >= 0.3 is 0 Å². The third-order valence-corrected chi connectivity index (χ3v) is 1.60. The maximum Gasteiger partial charge on any atom is 0.169 e. The van der Waals surface area contributed by atoms with Crippen LogP contribution < -0.4 is 5.73 Å². The van der Waals surface area contributed by atoms with Crippen molar-refractivity contribution >= 4 is 15.9 Å². The SMILES string of the molecule is C=C[C@H](N)c1ccc(Br)o1. The fourth-order valence-electron chi connectivity index (χ4n) is 0.624. The van der Waals surface area contributed by atoms with E-state index >= 15 is 0 Å². The second-order valence-electron chi connectivity index (χ2n) is 1.90. The van der Waals surface area contributed by atoms with Crippen molar-refractivity contribution in [2.45, 2.75) is 6.04 Å². The molecule has 1 rings (SSSR count). The minimum absolute atomic E-state index is 0.203. The van der Waals surface area contributed by atoms with Gasteiger partial charge in [0.2, 0.25) is 0 Å². The summed E-state index contributed by atoms with van der Waals surface area (Å²) in [6, 6.07) is 3.42. The summed E-state index contributed by atoms with van der Waals surface area (Å²) in [5.41, 5.74) is 5.57. The van der Waals surface area contributed by atoms with Crippen molar-refractivity contribution in [2.75, 3.05) is 0 Å². The number of furan rings is 1. The number of nitrogens with two attached hydrogens (primary N) is 1. The molecule has 0 aliphatic carbocycles. The maximum atomic E-state index is 5.57. The predicted molar refractivity (Wildman–Crippen MR) is 43.5 cm³/mol. The van der Waals surface area contributed by atoms with E-state index < -0.39 is 0 Å². The molecule has 2 nitrogen and oxygen atoms in total. The molecule has 10 heavy (non-hydrogen) atoms. The van der Waals surface area contributed by atoms with Crippen LogP contribution in [0.5, 0.6) is 0 Å². The summed E-state index contributed by atoms with van der Waals surface area (Å²) < 4.78 is 5.85. The smallest absolute Gasteiger partial charge is 0.169 e. The molecule has 0 spiro atoms. The molecule has 0 aliphatic heterocycles. The van der Waals surface area contributed by atoms with Crippen molar-refractivity contribution in [3.63, 3.8) is 0 Å². The van der Waals surface area contributed by atoms with Gasteiger partial charge in [0.05, 0.1) is 6.04 Å². The molecule has 1 heterocycles. The summed E-state index contributed by atoms with van der Waals surface area (Å²) in [4.78, 5) is 0. The minimum Gasteiger partial charge on any atom is -0.452 e. The molecule has 0 saturated heterocycles. The first kappa shape index (κ1) is 7.57. The minimum atomic E-state index is -0.203. The second-order valence-corrected chi connectivity index (χ2v) is 2.68. The Bertz CT molecular complexity index is 231. The van der Waals surface area contributed by atoms with Crippen molar-refractivity contribution < 1.29 is 4.42 Å². The summed E-state index contributed by atoms with van der Waals surface area (Å²) in [6.45, 7) is 3.55. The van der Waals surface area contributed by atoms with E-state index in [0.29, 0.717) is 4.67 Å². The van der Waals surface area contributed by atoms with E-state index in [0.717, 1.165) is 5.76 Å². The number of hydrogen-bond acceptors (Lipinski definition) is 2. The molecular formula is C7H8BrNO. The van der Waals surface area contributed by atoms with Crippen LogP contribution in [-0.2, 0) is 0 Å². The molecule has 0 bridgehead atoms. The van der Waals surface area contributed by atoms with Crippen LogP contribution >= 0.6 is 15.9 Å². The zero-order valence-corrected chi connectivity index (χ0v) is 6.97. The van der Waals surface area contributed by atoms with Crippen LogP contribution in [0.1, 0.15) is 11.8 Å². The average Bonchev–Trinajstić information content (AvgIpc) is 2.34. The zero-order valence-electron chi connectivity index (χ0n) is 5.38. The third kappa shape index (κ3) is 1.49. The molecule has 1 aromatic heterocycles. The Morgan fingerprint density at radius 2 is 2.40 bits per heavy atom. The van der Waals surface area contributed by atoms with Crippen LogP contribution in [0.25, 0.3) is 0 Å². The summed E-state index contributed by atoms with van der Waals surface area (Å²) in [7, 11) is 0. The van der Waals surface area contributed by atoms with Gasteiger partial charge < -0.3 is 10.2 Å². The maximum absolute atomic E-state index is 5.57. The van der Waals surface area contributed by atoms with Gasteiger partial charge in [-0.05, 0) is 28.1 Å². The second kappa shape index (κ2) is 3.03. The Kier molecular flexibility index (Phi) is 2.29. The molecule has 0 fully saturated rings. The highest BCUT2D eigenvalue weighted by Crippen LogP contribution is 2.18. The Morgan fingerprint density at radius 3 is 2.80 bits per heavy atom. The van der Waals surface area contributed by atoms with Crippen LogP contribution in [-0.4, -0.2) is 0 Å². The Labute approximate surface area is 67.8 Å². The Balaban J connectivity index is 2.84. The van der Waals surface area contributed by atoms with E-state index in [4.69, 9.17) is 10.2 Å². The fourth-order valence-corrected chi connectivity index (χ4v) is 0.943. The van der Waals surface area contributed by atoms with E-state index in [-0.39, 0.29) is 6.04 Å².